The monoisotopic (exact) mass is 433 g/mol. The Morgan fingerprint density at radius 1 is 1.13 bits per heavy atom. The zero-order valence-corrected chi connectivity index (χ0v) is 19.0. The van der Waals surface area contributed by atoms with Gasteiger partial charge in [-0.1, -0.05) is 34.1 Å². The predicted molar refractivity (Wildman–Crippen MR) is 113 cm³/mol. The van der Waals surface area contributed by atoms with E-state index in [0.717, 1.165) is 6.42 Å². The first-order valence-electron chi connectivity index (χ1n) is 11.6. The van der Waals surface area contributed by atoms with E-state index in [1.54, 1.807) is 13.8 Å². The third-order valence-electron chi connectivity index (χ3n) is 8.67. The maximum Gasteiger partial charge on any atom is 0.326 e. The van der Waals surface area contributed by atoms with Crippen LogP contribution in [0.1, 0.15) is 79.1 Å². The number of carboxylic acid groups (broad SMARTS) is 1. The molecule has 1 amide bonds. The molecule has 0 bridgehead atoms. The summed E-state index contributed by atoms with van der Waals surface area (Å²) in [7, 11) is 0. The van der Waals surface area contributed by atoms with E-state index in [4.69, 9.17) is 0 Å². The highest BCUT2D eigenvalue weighted by molar-refractivity contribution is 5.99. The Bertz CT molecular complexity index is 806. The van der Waals surface area contributed by atoms with Crippen molar-refractivity contribution in [2.24, 2.45) is 34.5 Å². The van der Waals surface area contributed by atoms with Crippen LogP contribution in [0.5, 0.6) is 0 Å². The first-order valence-corrected chi connectivity index (χ1v) is 11.6. The van der Waals surface area contributed by atoms with Crippen LogP contribution in [-0.4, -0.2) is 40.4 Å². The van der Waals surface area contributed by atoms with Gasteiger partial charge >= 0.3 is 5.97 Å². The summed E-state index contributed by atoms with van der Waals surface area (Å²) in [6, 6.07) is -0.971. The molecule has 172 valence electrons. The Morgan fingerprint density at radius 2 is 1.77 bits per heavy atom. The second kappa shape index (κ2) is 8.47. The molecule has 2 unspecified atom stereocenters. The van der Waals surface area contributed by atoms with Crippen molar-refractivity contribution in [1.29, 1.82) is 0 Å². The fraction of sp³-hybridized carbons (Fsp3) is 0.792. The lowest BCUT2D eigenvalue weighted by Crippen LogP contribution is -2.56. The second-order valence-corrected chi connectivity index (χ2v) is 10.4. The van der Waals surface area contributed by atoms with Gasteiger partial charge in [-0.2, -0.15) is 0 Å². The van der Waals surface area contributed by atoms with Crippen molar-refractivity contribution in [3.05, 3.63) is 0 Å². The van der Waals surface area contributed by atoms with E-state index in [1.807, 2.05) is 13.8 Å². The van der Waals surface area contributed by atoms with Crippen LogP contribution in [0.3, 0.4) is 0 Å². The van der Waals surface area contributed by atoms with Gasteiger partial charge in [0.1, 0.15) is 23.4 Å². The minimum Gasteiger partial charge on any atom is -0.480 e. The van der Waals surface area contributed by atoms with E-state index < -0.39 is 34.7 Å². The van der Waals surface area contributed by atoms with Gasteiger partial charge in [-0.3, -0.25) is 19.2 Å². The number of hydrogen-bond acceptors (Lipinski definition) is 5. The van der Waals surface area contributed by atoms with Gasteiger partial charge in [0.15, 0.2) is 0 Å². The lowest BCUT2D eigenvalue weighted by molar-refractivity contribution is -0.160. The van der Waals surface area contributed by atoms with Crippen LogP contribution in [0.15, 0.2) is 0 Å². The van der Waals surface area contributed by atoms with E-state index in [1.165, 1.54) is 0 Å². The first-order chi connectivity index (χ1) is 14.5. The van der Waals surface area contributed by atoms with Gasteiger partial charge in [0, 0.05) is 42.4 Å². The number of ketones is 3. The molecule has 2 N–H and O–H groups in total. The lowest BCUT2D eigenvalue weighted by atomic mass is 9.48. The minimum absolute atomic E-state index is 0.000179. The van der Waals surface area contributed by atoms with E-state index in [2.05, 4.69) is 5.32 Å². The Hall–Kier alpha value is -2.05. The molecule has 7 atom stereocenters. The summed E-state index contributed by atoms with van der Waals surface area (Å²) in [4.78, 5) is 62.8. The van der Waals surface area contributed by atoms with Gasteiger partial charge < -0.3 is 10.4 Å². The number of aliphatic carboxylic acids is 1. The summed E-state index contributed by atoms with van der Waals surface area (Å²) in [5.74, 6) is -1.92. The lowest BCUT2D eigenvalue weighted by Gasteiger charge is -2.53. The summed E-state index contributed by atoms with van der Waals surface area (Å²) in [5, 5.41) is 12.0. The van der Waals surface area contributed by atoms with Crippen molar-refractivity contribution < 1.29 is 29.1 Å². The number of hydrogen-bond donors (Lipinski definition) is 2. The van der Waals surface area contributed by atoms with Crippen molar-refractivity contribution in [3.8, 4) is 0 Å². The zero-order chi connectivity index (χ0) is 23.1. The fourth-order valence-corrected chi connectivity index (χ4v) is 6.51. The third kappa shape index (κ3) is 3.96. The molecule has 3 rings (SSSR count). The van der Waals surface area contributed by atoms with Gasteiger partial charge in [-0.25, -0.2) is 4.79 Å². The van der Waals surface area contributed by atoms with E-state index >= 15 is 0 Å². The van der Waals surface area contributed by atoms with Crippen LogP contribution in [0.2, 0.25) is 0 Å². The molecule has 0 aromatic rings. The van der Waals surface area contributed by atoms with Crippen LogP contribution in [0.4, 0.5) is 0 Å². The first kappa shape index (κ1) is 23.6. The quantitative estimate of drug-likeness (QED) is 0.637. The Kier molecular flexibility index (Phi) is 6.45. The molecule has 0 heterocycles. The van der Waals surface area contributed by atoms with Crippen molar-refractivity contribution in [2.45, 2.75) is 85.1 Å². The Labute approximate surface area is 183 Å². The van der Waals surface area contributed by atoms with Crippen molar-refractivity contribution in [2.75, 3.05) is 0 Å². The minimum atomic E-state index is -1.07. The molecule has 3 aliphatic carbocycles. The number of Topliss-reactive ketones (excluding diaryl/α,β-unsaturated/α-hetero) is 3. The number of carbonyl (C=O) groups excluding carboxylic acids is 4. The number of carboxylic acids is 1. The SMILES string of the molecule is CC[C@H](C)[C@H](NC(=O)CC[C@@]1(C)C(=O)CC[C@@H]2C1C(=O)C[C@]1(C)C(=O)CCC21)C(=O)O. The summed E-state index contributed by atoms with van der Waals surface area (Å²) in [6.07, 6.45) is 3.26. The Balaban J connectivity index is 1.76. The Morgan fingerprint density at radius 3 is 2.39 bits per heavy atom. The van der Waals surface area contributed by atoms with Crippen molar-refractivity contribution in [1.82, 2.24) is 5.32 Å². The number of fused-ring (bicyclic) bond motifs is 3. The van der Waals surface area contributed by atoms with Gasteiger partial charge in [0.05, 0.1) is 0 Å². The smallest absolute Gasteiger partial charge is 0.326 e. The molecular formula is C24H35NO6. The highest BCUT2D eigenvalue weighted by atomic mass is 16.4. The van der Waals surface area contributed by atoms with E-state index in [0.29, 0.717) is 25.7 Å². The van der Waals surface area contributed by atoms with Crippen molar-refractivity contribution in [3.63, 3.8) is 0 Å². The molecule has 3 aliphatic rings. The molecule has 0 saturated heterocycles. The van der Waals surface area contributed by atoms with Gasteiger partial charge in [0.25, 0.3) is 0 Å². The summed E-state index contributed by atoms with van der Waals surface area (Å²) in [6.45, 7) is 7.34. The highest BCUT2D eigenvalue weighted by Crippen LogP contribution is 2.60. The second-order valence-electron chi connectivity index (χ2n) is 10.4. The maximum absolute atomic E-state index is 13.2. The van der Waals surface area contributed by atoms with E-state index in [-0.39, 0.29) is 54.4 Å². The average molecular weight is 434 g/mol. The van der Waals surface area contributed by atoms with Crippen LogP contribution in [0, 0.1) is 34.5 Å². The molecule has 0 aromatic heterocycles. The third-order valence-corrected chi connectivity index (χ3v) is 8.67. The molecule has 0 aliphatic heterocycles. The van der Waals surface area contributed by atoms with Crippen LogP contribution < -0.4 is 5.32 Å². The standard InChI is InChI=1S/C24H35NO6/c1-5-13(2)21(22(30)31)25-19(29)10-11-23(3)17(27)8-6-14-15-7-9-18(28)24(15,4)12-16(26)20(14)23/h13-15,20-21H,5-12H2,1-4H3,(H,25,29)(H,30,31)/t13-,14-,15?,20?,21-,23-,24-/m0/s1. The average Bonchev–Trinajstić information content (AvgIpc) is 3.00. The number of amides is 1. The van der Waals surface area contributed by atoms with Crippen LogP contribution in [-0.2, 0) is 24.0 Å². The molecule has 7 heteroatoms. The largest absolute Gasteiger partial charge is 0.480 e. The topological polar surface area (TPSA) is 118 Å². The number of rotatable bonds is 7. The molecule has 0 aromatic carbocycles. The van der Waals surface area contributed by atoms with Gasteiger partial charge in [-0.15, -0.1) is 0 Å². The van der Waals surface area contributed by atoms with Gasteiger partial charge in [-0.05, 0) is 37.0 Å². The fourth-order valence-electron chi connectivity index (χ4n) is 6.51. The number of carbonyl (C=O) groups is 5. The summed E-state index contributed by atoms with van der Waals surface area (Å²) < 4.78 is 0. The highest BCUT2D eigenvalue weighted by Gasteiger charge is 2.62. The molecular weight excluding hydrogens is 398 g/mol. The normalized spacial score (nSPS) is 37.0. The molecule has 7 nitrogen and oxygen atoms in total. The van der Waals surface area contributed by atoms with Gasteiger partial charge in [0.2, 0.25) is 5.91 Å². The molecule has 3 saturated carbocycles. The van der Waals surface area contributed by atoms with E-state index in [9.17, 15) is 29.1 Å². The molecule has 0 spiro atoms. The molecule has 0 radical (unpaired) electrons. The predicted octanol–water partition coefficient (Wildman–Crippen LogP) is 2.94. The molecule has 31 heavy (non-hydrogen) atoms. The summed E-state index contributed by atoms with van der Waals surface area (Å²) in [5.41, 5.74) is -1.55. The number of nitrogens with one attached hydrogen (secondary N) is 1. The summed E-state index contributed by atoms with van der Waals surface area (Å²) >= 11 is 0. The van der Waals surface area contributed by atoms with Crippen LogP contribution in [0.25, 0.3) is 0 Å². The zero-order valence-electron chi connectivity index (χ0n) is 19.0. The maximum atomic E-state index is 13.2. The van der Waals surface area contributed by atoms with Crippen molar-refractivity contribution >= 4 is 29.2 Å². The molecule has 3 fully saturated rings. The van der Waals surface area contributed by atoms with Crippen LogP contribution >= 0.6 is 0 Å².